The largest absolute Gasteiger partial charge is 0.382 e. The summed E-state index contributed by atoms with van der Waals surface area (Å²) in [5, 5.41) is 11.8. The first-order chi connectivity index (χ1) is 30.2. The van der Waals surface area contributed by atoms with Crippen LogP contribution in [0.5, 0.6) is 0 Å². The molecule has 16 heteroatoms. The van der Waals surface area contributed by atoms with Crippen LogP contribution in [0.15, 0.2) is 0 Å². The Morgan fingerprint density at radius 2 is 0.705 bits per heavy atom. The quantitative estimate of drug-likeness (QED) is 0.0539. The van der Waals surface area contributed by atoms with E-state index in [1.54, 1.807) is 7.11 Å². The molecule has 4 N–H and O–H groups in total. The van der Waals surface area contributed by atoms with Crippen molar-refractivity contribution in [2.75, 3.05) is 159 Å². The van der Waals surface area contributed by atoms with Crippen molar-refractivity contribution in [3.8, 4) is 0 Å². The summed E-state index contributed by atoms with van der Waals surface area (Å²) in [7, 11) is 1.65. The molecule has 16 nitrogen and oxygen atoms in total. The van der Waals surface area contributed by atoms with Gasteiger partial charge in [0.1, 0.15) is 0 Å². The van der Waals surface area contributed by atoms with E-state index in [9.17, 15) is 9.59 Å². The summed E-state index contributed by atoms with van der Waals surface area (Å²) in [6.45, 7) is 14.4. The summed E-state index contributed by atoms with van der Waals surface area (Å²) >= 11 is 0. The molecule has 1 aliphatic carbocycles. The van der Waals surface area contributed by atoms with Crippen LogP contribution in [0, 0.1) is 11.8 Å². The molecule has 1 aliphatic rings. The maximum Gasteiger partial charge on any atom is 0.314 e. The second-order valence-electron chi connectivity index (χ2n) is 15.5. The highest BCUT2D eigenvalue weighted by Crippen LogP contribution is 2.29. The second-order valence-corrected chi connectivity index (χ2v) is 15.5. The predicted molar refractivity (Wildman–Crippen MR) is 239 cm³/mol. The molecule has 0 aromatic carbocycles. The molecular formula is C45H90N4O12. The number of carbonyl (C=O) groups excluding carboxylic acids is 2. The van der Waals surface area contributed by atoms with E-state index in [0.29, 0.717) is 158 Å². The molecule has 1 saturated carbocycles. The molecule has 0 aromatic heterocycles. The Hall–Kier alpha value is -1.86. The molecule has 0 bridgehead atoms. The number of carbonyl (C=O) groups is 2. The standard InChI is InChI=1S/C45H90N4O12/c1-3-53-28-29-57-36-37-61-41-39-59-32-30-54-24-22-48-44(50)46-20-12-11-16-42-14-9-7-5-4-6-8-10-15-43(19-18-42)17-13-21-47-45(51)49-23-25-55-31-33-58-38-40-60-35-34-56-27-26-52-2/h42-43H,3-41H2,1-2H3,(H2,46,48,50)(H2,47,49,51). The third-order valence-electron chi connectivity index (χ3n) is 10.4. The Morgan fingerprint density at radius 1 is 0.377 bits per heavy atom. The lowest BCUT2D eigenvalue weighted by Crippen LogP contribution is -2.38. The van der Waals surface area contributed by atoms with Gasteiger partial charge in [-0.1, -0.05) is 83.5 Å². The molecule has 61 heavy (non-hydrogen) atoms. The molecule has 0 saturated heterocycles. The molecule has 362 valence electrons. The highest BCUT2D eigenvalue weighted by molar-refractivity contribution is 5.74. The Labute approximate surface area is 369 Å². The number of hydrogen-bond acceptors (Lipinski definition) is 12. The minimum atomic E-state index is -0.142. The van der Waals surface area contributed by atoms with Gasteiger partial charge in [0.2, 0.25) is 0 Å². The molecule has 1 fully saturated rings. The number of urea groups is 2. The van der Waals surface area contributed by atoms with E-state index in [1.807, 2.05) is 6.92 Å². The van der Waals surface area contributed by atoms with Crippen molar-refractivity contribution in [3.63, 3.8) is 0 Å². The van der Waals surface area contributed by atoms with E-state index < -0.39 is 0 Å². The van der Waals surface area contributed by atoms with Crippen molar-refractivity contribution < 1.29 is 57.0 Å². The zero-order chi connectivity index (χ0) is 43.8. The van der Waals surface area contributed by atoms with Crippen molar-refractivity contribution in [1.29, 1.82) is 0 Å². The van der Waals surface area contributed by atoms with E-state index in [0.717, 1.165) is 31.6 Å². The number of amides is 4. The number of unbranched alkanes of at least 4 members (excludes halogenated alkanes) is 1. The van der Waals surface area contributed by atoms with Gasteiger partial charge in [0.15, 0.2) is 0 Å². The number of methoxy groups -OCH3 is 1. The maximum absolute atomic E-state index is 12.3. The molecular weight excluding hydrogens is 789 g/mol. The van der Waals surface area contributed by atoms with Gasteiger partial charge in [0, 0.05) is 39.9 Å². The van der Waals surface area contributed by atoms with Crippen LogP contribution >= 0.6 is 0 Å². The van der Waals surface area contributed by atoms with Gasteiger partial charge in [0.25, 0.3) is 0 Å². The van der Waals surface area contributed by atoms with Crippen LogP contribution in [0.1, 0.15) is 110 Å². The fraction of sp³-hybridized carbons (Fsp3) is 0.956. The SMILES string of the molecule is CCOCCOCCOCCOCCOCCNC(=O)NCCCCC1CCCCCCCCCC(CCCNC(=O)NCCOCCOCCOCCOCCOC)CC1. The summed E-state index contributed by atoms with van der Waals surface area (Å²) in [5.74, 6) is 1.46. The molecule has 0 radical (unpaired) electrons. The van der Waals surface area contributed by atoms with Gasteiger partial charge in [0.05, 0.1) is 119 Å². The third kappa shape index (κ3) is 43.2. The average molecular weight is 879 g/mol. The smallest absolute Gasteiger partial charge is 0.314 e. The van der Waals surface area contributed by atoms with Gasteiger partial charge >= 0.3 is 12.1 Å². The lowest BCUT2D eigenvalue weighted by atomic mass is 9.85. The molecule has 4 amide bonds. The zero-order valence-corrected chi connectivity index (χ0v) is 38.6. The van der Waals surface area contributed by atoms with Gasteiger partial charge in [-0.3, -0.25) is 0 Å². The van der Waals surface area contributed by atoms with Crippen molar-refractivity contribution in [1.82, 2.24) is 21.3 Å². The summed E-state index contributed by atoms with van der Waals surface area (Å²) in [4.78, 5) is 24.6. The predicted octanol–water partition coefficient (Wildman–Crippen LogP) is 5.89. The Kier molecular flexibility index (Phi) is 44.6. The van der Waals surface area contributed by atoms with Crippen LogP contribution < -0.4 is 21.3 Å². The van der Waals surface area contributed by atoms with Gasteiger partial charge < -0.3 is 68.6 Å². The number of hydrogen-bond donors (Lipinski definition) is 4. The first kappa shape index (κ1) is 57.2. The fourth-order valence-corrected chi connectivity index (χ4v) is 6.97. The van der Waals surface area contributed by atoms with Crippen molar-refractivity contribution in [2.45, 2.75) is 110 Å². The highest BCUT2D eigenvalue weighted by atomic mass is 16.6. The van der Waals surface area contributed by atoms with Gasteiger partial charge in [-0.2, -0.15) is 0 Å². The topological polar surface area (TPSA) is 175 Å². The van der Waals surface area contributed by atoms with Crippen molar-refractivity contribution in [2.24, 2.45) is 11.8 Å². The Morgan fingerprint density at radius 3 is 1.11 bits per heavy atom. The summed E-state index contributed by atoms with van der Waals surface area (Å²) in [6.07, 6.45) is 20.0. The normalized spacial score (nSPS) is 16.6. The lowest BCUT2D eigenvalue weighted by molar-refractivity contribution is -0.00986. The minimum absolute atomic E-state index is 0.138. The number of ether oxygens (including phenoxy) is 10. The molecule has 0 spiro atoms. The van der Waals surface area contributed by atoms with Gasteiger partial charge in [-0.25, -0.2) is 9.59 Å². The maximum atomic E-state index is 12.3. The Balaban J connectivity index is 2.08. The molecule has 0 aromatic rings. The first-order valence-corrected chi connectivity index (χ1v) is 23.9. The minimum Gasteiger partial charge on any atom is -0.382 e. The first-order valence-electron chi connectivity index (χ1n) is 23.9. The van der Waals surface area contributed by atoms with Crippen LogP contribution in [0.3, 0.4) is 0 Å². The number of rotatable bonds is 40. The van der Waals surface area contributed by atoms with Gasteiger partial charge in [-0.15, -0.1) is 0 Å². The molecule has 0 aliphatic heterocycles. The highest BCUT2D eigenvalue weighted by Gasteiger charge is 2.15. The Bertz CT molecular complexity index is 929. The zero-order valence-electron chi connectivity index (χ0n) is 38.6. The van der Waals surface area contributed by atoms with E-state index in [1.165, 1.54) is 77.0 Å². The van der Waals surface area contributed by atoms with E-state index >= 15 is 0 Å². The number of nitrogens with one attached hydrogen (secondary N) is 4. The average Bonchev–Trinajstić information content (AvgIpc) is 3.28. The van der Waals surface area contributed by atoms with E-state index in [2.05, 4.69) is 21.3 Å². The molecule has 2 unspecified atom stereocenters. The monoisotopic (exact) mass is 879 g/mol. The van der Waals surface area contributed by atoms with Crippen molar-refractivity contribution in [3.05, 3.63) is 0 Å². The van der Waals surface area contributed by atoms with Crippen molar-refractivity contribution >= 4 is 12.1 Å². The van der Waals surface area contributed by atoms with Gasteiger partial charge in [-0.05, 0) is 38.0 Å². The van der Waals surface area contributed by atoms with Crippen LogP contribution in [0.25, 0.3) is 0 Å². The second kappa shape index (κ2) is 47.6. The lowest BCUT2D eigenvalue weighted by Gasteiger charge is -2.22. The fourth-order valence-electron chi connectivity index (χ4n) is 6.97. The molecule has 2 atom stereocenters. The molecule has 0 heterocycles. The van der Waals surface area contributed by atoms with Crippen LogP contribution in [0.2, 0.25) is 0 Å². The van der Waals surface area contributed by atoms with E-state index in [-0.39, 0.29) is 12.1 Å². The van der Waals surface area contributed by atoms with Crippen LogP contribution in [0.4, 0.5) is 9.59 Å². The molecule has 1 rings (SSSR count). The van der Waals surface area contributed by atoms with Crippen LogP contribution in [-0.2, 0) is 47.4 Å². The third-order valence-corrected chi connectivity index (χ3v) is 10.4. The summed E-state index contributed by atoms with van der Waals surface area (Å²) in [6, 6.07) is -0.279. The summed E-state index contributed by atoms with van der Waals surface area (Å²) < 4.78 is 53.9. The van der Waals surface area contributed by atoms with E-state index in [4.69, 9.17) is 47.4 Å². The summed E-state index contributed by atoms with van der Waals surface area (Å²) in [5.41, 5.74) is 0. The van der Waals surface area contributed by atoms with Crippen LogP contribution in [-0.4, -0.2) is 171 Å².